The number of hydrogen-bond acceptors (Lipinski definition) is 5. The minimum Gasteiger partial charge on any atom is -0.340 e. The van der Waals surface area contributed by atoms with Crippen molar-refractivity contribution >= 4 is 27.1 Å². The zero-order valence-corrected chi connectivity index (χ0v) is 16.5. The lowest BCUT2D eigenvalue weighted by Crippen LogP contribution is -2.41. The molecule has 1 fully saturated rings. The molecule has 0 saturated carbocycles. The molecule has 28 heavy (non-hydrogen) atoms. The van der Waals surface area contributed by atoms with Crippen LogP contribution in [0.15, 0.2) is 42.9 Å². The Morgan fingerprint density at radius 3 is 2.79 bits per heavy atom. The maximum Gasteiger partial charge on any atom is 0.391 e. The number of piperidine rings is 1. The Bertz CT molecular complexity index is 1010. The van der Waals surface area contributed by atoms with Crippen LogP contribution in [-0.4, -0.2) is 53.1 Å². The van der Waals surface area contributed by atoms with Crippen molar-refractivity contribution in [1.82, 2.24) is 19.3 Å². The SMILES string of the molecule is O=S(=O)(CCc1ccccc1)N1CCC(CNc2nc3nc[nH]c3c[nH+]2)CC1. The van der Waals surface area contributed by atoms with Crippen molar-refractivity contribution in [2.75, 3.05) is 30.7 Å². The third-order valence-corrected chi connectivity index (χ3v) is 7.11. The fraction of sp³-hybridized carbons (Fsp3) is 0.421. The van der Waals surface area contributed by atoms with E-state index >= 15 is 0 Å². The van der Waals surface area contributed by atoms with Gasteiger partial charge >= 0.3 is 5.95 Å². The Labute approximate surface area is 164 Å². The molecule has 3 aromatic rings. The van der Waals surface area contributed by atoms with Crippen LogP contribution in [0.3, 0.4) is 0 Å². The zero-order valence-electron chi connectivity index (χ0n) is 15.6. The van der Waals surface area contributed by atoms with Crippen LogP contribution in [-0.2, 0) is 16.4 Å². The molecule has 9 heteroatoms. The van der Waals surface area contributed by atoms with Gasteiger partial charge in [-0.3, -0.25) is 5.32 Å². The average Bonchev–Trinajstić information content (AvgIpc) is 3.20. The predicted molar refractivity (Wildman–Crippen MR) is 107 cm³/mol. The van der Waals surface area contributed by atoms with Crippen LogP contribution in [0.4, 0.5) is 5.95 Å². The van der Waals surface area contributed by atoms with Crippen molar-refractivity contribution in [1.29, 1.82) is 0 Å². The fourth-order valence-corrected chi connectivity index (χ4v) is 5.03. The molecule has 0 amide bonds. The third kappa shape index (κ3) is 4.48. The van der Waals surface area contributed by atoms with E-state index in [0.29, 0.717) is 37.0 Å². The van der Waals surface area contributed by atoms with Crippen LogP contribution in [0.2, 0.25) is 0 Å². The largest absolute Gasteiger partial charge is 0.391 e. The molecule has 0 bridgehead atoms. The van der Waals surface area contributed by atoms with Gasteiger partial charge in [0.25, 0.3) is 5.65 Å². The summed E-state index contributed by atoms with van der Waals surface area (Å²) >= 11 is 0. The van der Waals surface area contributed by atoms with Gasteiger partial charge in [0.05, 0.1) is 24.8 Å². The van der Waals surface area contributed by atoms with Crippen molar-refractivity contribution in [2.45, 2.75) is 19.3 Å². The molecule has 0 spiro atoms. The summed E-state index contributed by atoms with van der Waals surface area (Å²) in [6, 6.07) is 9.77. The van der Waals surface area contributed by atoms with E-state index in [0.717, 1.165) is 30.5 Å². The monoisotopic (exact) mass is 401 g/mol. The van der Waals surface area contributed by atoms with E-state index in [1.807, 2.05) is 36.5 Å². The van der Waals surface area contributed by atoms with Gasteiger partial charge in [-0.2, -0.15) is 0 Å². The summed E-state index contributed by atoms with van der Waals surface area (Å²) in [4.78, 5) is 14.7. The van der Waals surface area contributed by atoms with Gasteiger partial charge in [-0.15, -0.1) is 0 Å². The van der Waals surface area contributed by atoms with Gasteiger partial charge in [-0.25, -0.2) is 22.7 Å². The van der Waals surface area contributed by atoms with Crippen molar-refractivity contribution in [3.63, 3.8) is 0 Å². The minimum atomic E-state index is -3.21. The molecule has 8 nitrogen and oxygen atoms in total. The van der Waals surface area contributed by atoms with Crippen LogP contribution >= 0.6 is 0 Å². The lowest BCUT2D eigenvalue weighted by atomic mass is 9.98. The number of nitrogens with one attached hydrogen (secondary N) is 3. The molecule has 0 radical (unpaired) electrons. The molecule has 1 saturated heterocycles. The maximum atomic E-state index is 12.6. The standard InChI is InChI=1S/C19H24N6O2S/c26-28(27,11-8-15-4-2-1-3-5-15)25-9-6-16(7-10-25)12-20-19-21-13-17-18(24-19)23-14-22-17/h1-5,13-14,16H,6-12H2,(H2,20,21,22,23,24)/p+1. The number of benzene rings is 1. The first-order valence-corrected chi connectivity index (χ1v) is 11.2. The average molecular weight is 402 g/mol. The maximum absolute atomic E-state index is 12.6. The van der Waals surface area contributed by atoms with Crippen LogP contribution in [0.5, 0.6) is 0 Å². The minimum absolute atomic E-state index is 0.169. The summed E-state index contributed by atoms with van der Waals surface area (Å²) in [5, 5.41) is 3.31. The Morgan fingerprint density at radius 2 is 2.00 bits per heavy atom. The molecule has 1 aliphatic rings. The van der Waals surface area contributed by atoms with Crippen LogP contribution in [0, 0.1) is 5.92 Å². The summed E-state index contributed by atoms with van der Waals surface area (Å²) in [6.07, 6.45) is 5.70. The van der Waals surface area contributed by atoms with Gasteiger partial charge in [0, 0.05) is 13.1 Å². The summed E-state index contributed by atoms with van der Waals surface area (Å²) in [6.45, 7) is 1.93. The summed E-state index contributed by atoms with van der Waals surface area (Å²) < 4.78 is 26.9. The molecular formula is C19H25N6O2S+. The Balaban J connectivity index is 1.25. The first kappa shape index (κ1) is 18.8. The number of anilines is 1. The second kappa shape index (κ2) is 8.24. The highest BCUT2D eigenvalue weighted by Gasteiger charge is 2.28. The number of fused-ring (bicyclic) bond motifs is 1. The number of hydrogen-bond donors (Lipinski definition) is 2. The molecule has 4 rings (SSSR count). The number of sulfonamides is 1. The number of H-pyrrole nitrogens is 2. The number of imidazole rings is 1. The lowest BCUT2D eigenvalue weighted by molar-refractivity contribution is -0.363. The molecule has 0 unspecified atom stereocenters. The van der Waals surface area contributed by atoms with Crippen LogP contribution < -0.4 is 10.3 Å². The van der Waals surface area contributed by atoms with Crippen molar-refractivity contribution in [2.24, 2.45) is 5.92 Å². The van der Waals surface area contributed by atoms with Crippen molar-refractivity contribution < 1.29 is 13.4 Å². The first-order valence-electron chi connectivity index (χ1n) is 9.57. The lowest BCUT2D eigenvalue weighted by Gasteiger charge is -2.30. The van der Waals surface area contributed by atoms with Crippen LogP contribution in [0.25, 0.3) is 11.2 Å². The van der Waals surface area contributed by atoms with Gasteiger partial charge in [0.15, 0.2) is 0 Å². The zero-order chi connectivity index (χ0) is 19.4. The molecule has 3 heterocycles. The molecule has 2 aromatic heterocycles. The Hall–Kier alpha value is -2.52. The van der Waals surface area contributed by atoms with Crippen molar-refractivity contribution in [3.05, 3.63) is 48.4 Å². The molecule has 0 atom stereocenters. The Morgan fingerprint density at radius 1 is 1.21 bits per heavy atom. The van der Waals surface area contributed by atoms with E-state index in [9.17, 15) is 8.42 Å². The molecule has 148 valence electrons. The fourth-order valence-electron chi connectivity index (χ4n) is 3.51. The number of rotatable bonds is 7. The highest BCUT2D eigenvalue weighted by molar-refractivity contribution is 7.89. The van der Waals surface area contributed by atoms with E-state index in [4.69, 9.17) is 0 Å². The van der Waals surface area contributed by atoms with Crippen molar-refractivity contribution in [3.8, 4) is 0 Å². The van der Waals surface area contributed by atoms with E-state index in [-0.39, 0.29) is 5.75 Å². The number of nitrogens with zero attached hydrogens (tertiary/aromatic N) is 3. The van der Waals surface area contributed by atoms with E-state index in [1.54, 1.807) is 10.6 Å². The quantitative estimate of drug-likeness (QED) is 0.624. The molecule has 1 aromatic carbocycles. The molecule has 1 aliphatic heterocycles. The van der Waals surface area contributed by atoms with Gasteiger partial charge in [0.1, 0.15) is 5.52 Å². The Kier molecular flexibility index (Phi) is 5.54. The second-order valence-electron chi connectivity index (χ2n) is 7.16. The first-order chi connectivity index (χ1) is 13.6. The highest BCUT2D eigenvalue weighted by atomic mass is 32.2. The predicted octanol–water partition coefficient (Wildman–Crippen LogP) is 1.47. The highest BCUT2D eigenvalue weighted by Crippen LogP contribution is 2.20. The molecule has 3 N–H and O–H groups in total. The van der Waals surface area contributed by atoms with Crippen LogP contribution in [0.1, 0.15) is 18.4 Å². The number of aryl methyl sites for hydroxylation is 1. The van der Waals surface area contributed by atoms with E-state index < -0.39 is 10.0 Å². The molecule has 0 aliphatic carbocycles. The normalized spacial score (nSPS) is 16.4. The van der Waals surface area contributed by atoms with Gasteiger partial charge in [0.2, 0.25) is 10.0 Å². The number of aromatic amines is 2. The second-order valence-corrected chi connectivity index (χ2v) is 9.25. The van der Waals surface area contributed by atoms with E-state index in [2.05, 4.69) is 25.3 Å². The third-order valence-electron chi connectivity index (χ3n) is 5.24. The summed E-state index contributed by atoms with van der Waals surface area (Å²) in [5.74, 6) is 1.27. The van der Waals surface area contributed by atoms with E-state index in [1.165, 1.54) is 0 Å². The smallest absolute Gasteiger partial charge is 0.340 e. The summed E-state index contributed by atoms with van der Waals surface area (Å²) in [7, 11) is -3.21. The topological polar surface area (TPSA) is 105 Å². The van der Waals surface area contributed by atoms with Gasteiger partial charge < -0.3 is 4.98 Å². The summed E-state index contributed by atoms with van der Waals surface area (Å²) in [5.41, 5.74) is 2.59. The van der Waals surface area contributed by atoms with Gasteiger partial charge in [-0.05, 0) is 35.7 Å². The number of aromatic nitrogens is 4. The molecular weight excluding hydrogens is 376 g/mol. The van der Waals surface area contributed by atoms with Gasteiger partial charge in [-0.1, -0.05) is 30.3 Å².